The highest BCUT2D eigenvalue weighted by molar-refractivity contribution is 7.22. The fourth-order valence-electron chi connectivity index (χ4n) is 1.89. The van der Waals surface area contributed by atoms with Crippen molar-refractivity contribution < 1.29 is 0 Å². The van der Waals surface area contributed by atoms with E-state index < -0.39 is 0 Å². The average molecular weight is 235 g/mol. The minimum Gasteiger partial charge on any atom is -0.237 e. The lowest BCUT2D eigenvalue weighted by Gasteiger charge is -1.98. The quantitative estimate of drug-likeness (QED) is 0.516. The summed E-state index contributed by atoms with van der Waals surface area (Å²) in [7, 11) is 0. The molecule has 0 aliphatic heterocycles. The van der Waals surface area contributed by atoms with Gasteiger partial charge in [0.15, 0.2) is 5.69 Å². The van der Waals surface area contributed by atoms with Gasteiger partial charge in [-0.3, -0.25) is 0 Å². The third kappa shape index (κ3) is 1.71. The zero-order chi connectivity index (χ0) is 11.7. The maximum atomic E-state index is 7.20. The van der Waals surface area contributed by atoms with Crippen LogP contribution in [-0.4, -0.2) is 0 Å². The van der Waals surface area contributed by atoms with E-state index in [0.717, 1.165) is 16.1 Å². The Morgan fingerprint density at radius 1 is 0.941 bits per heavy atom. The molecule has 1 nitrogen and oxygen atoms in total. The normalized spacial score (nSPS) is 10.3. The van der Waals surface area contributed by atoms with Gasteiger partial charge in [0.05, 0.1) is 6.57 Å². The Bertz CT molecular complexity index is 686. The molecule has 0 aliphatic rings. The lowest BCUT2D eigenvalue weighted by Crippen LogP contribution is -1.71. The van der Waals surface area contributed by atoms with Gasteiger partial charge in [0.2, 0.25) is 0 Å². The van der Waals surface area contributed by atoms with Gasteiger partial charge in [-0.15, -0.1) is 11.3 Å². The monoisotopic (exact) mass is 235 g/mol. The maximum Gasteiger partial charge on any atom is 0.195 e. The second-order valence-electron chi connectivity index (χ2n) is 3.78. The molecule has 3 aromatic rings. The van der Waals surface area contributed by atoms with Gasteiger partial charge in [0, 0.05) is 9.58 Å². The van der Waals surface area contributed by atoms with Gasteiger partial charge < -0.3 is 0 Å². The van der Waals surface area contributed by atoms with E-state index in [1.165, 1.54) is 10.1 Å². The molecule has 2 heteroatoms. The minimum absolute atomic E-state index is 0.721. The van der Waals surface area contributed by atoms with E-state index in [-0.39, 0.29) is 0 Å². The fraction of sp³-hybridized carbons (Fsp3) is 0. The van der Waals surface area contributed by atoms with Gasteiger partial charge in [-0.1, -0.05) is 42.5 Å². The van der Waals surface area contributed by atoms with E-state index in [9.17, 15) is 0 Å². The lowest BCUT2D eigenvalue weighted by atomic mass is 10.1. The first-order chi connectivity index (χ1) is 8.38. The first kappa shape index (κ1) is 10.1. The standard InChI is InChI=1S/C15H9NS/c1-16-13-8-4-3-7-12(13)15-10-11-6-2-5-9-14(11)17-15/h2-10H. The van der Waals surface area contributed by atoms with Crippen LogP contribution in [0.15, 0.2) is 54.6 Å². The molecule has 0 spiro atoms. The minimum atomic E-state index is 0.721. The molecule has 3 rings (SSSR count). The van der Waals surface area contributed by atoms with Gasteiger partial charge >= 0.3 is 0 Å². The van der Waals surface area contributed by atoms with Crippen molar-refractivity contribution in [2.45, 2.75) is 0 Å². The molecular weight excluding hydrogens is 226 g/mol. The van der Waals surface area contributed by atoms with Crippen molar-refractivity contribution in [3.8, 4) is 10.4 Å². The first-order valence-electron chi connectivity index (χ1n) is 5.34. The summed E-state index contributed by atoms with van der Waals surface area (Å²) in [6, 6.07) is 18.2. The number of benzene rings is 2. The molecule has 17 heavy (non-hydrogen) atoms. The van der Waals surface area contributed by atoms with E-state index in [1.807, 2.05) is 36.4 Å². The Kier molecular flexibility index (Phi) is 2.40. The van der Waals surface area contributed by atoms with E-state index in [2.05, 4.69) is 23.0 Å². The van der Waals surface area contributed by atoms with Crippen molar-refractivity contribution in [2.75, 3.05) is 0 Å². The van der Waals surface area contributed by atoms with Crippen LogP contribution in [0.1, 0.15) is 0 Å². The van der Waals surface area contributed by atoms with Crippen LogP contribution in [0.4, 0.5) is 5.69 Å². The zero-order valence-electron chi connectivity index (χ0n) is 9.05. The highest BCUT2D eigenvalue weighted by atomic mass is 32.1. The molecule has 2 aromatic carbocycles. The Morgan fingerprint density at radius 2 is 1.71 bits per heavy atom. The SMILES string of the molecule is [C-]#[N+]c1ccccc1-c1cc2ccccc2s1. The highest BCUT2D eigenvalue weighted by Gasteiger charge is 2.07. The molecule has 80 valence electrons. The van der Waals surface area contributed by atoms with Crippen LogP contribution < -0.4 is 0 Å². The number of nitrogens with zero attached hydrogens (tertiary/aromatic N) is 1. The van der Waals surface area contributed by atoms with Crippen LogP contribution in [0.3, 0.4) is 0 Å². The van der Waals surface area contributed by atoms with Crippen molar-refractivity contribution in [3.63, 3.8) is 0 Å². The summed E-state index contributed by atoms with van der Waals surface area (Å²) in [6.45, 7) is 7.20. The topological polar surface area (TPSA) is 4.36 Å². The Hall–Kier alpha value is -2.11. The third-order valence-electron chi connectivity index (χ3n) is 2.72. The van der Waals surface area contributed by atoms with Gasteiger partial charge in [-0.05, 0) is 23.1 Å². The molecule has 0 saturated carbocycles. The van der Waals surface area contributed by atoms with Crippen molar-refractivity contribution in [2.24, 2.45) is 0 Å². The number of hydrogen-bond acceptors (Lipinski definition) is 1. The summed E-state index contributed by atoms with van der Waals surface area (Å²) >= 11 is 1.74. The smallest absolute Gasteiger partial charge is 0.195 e. The molecule has 1 heterocycles. The van der Waals surface area contributed by atoms with Crippen LogP contribution >= 0.6 is 11.3 Å². The maximum absolute atomic E-state index is 7.20. The second kappa shape index (κ2) is 4.04. The van der Waals surface area contributed by atoms with Gasteiger partial charge in [0.1, 0.15) is 0 Å². The molecule has 0 radical (unpaired) electrons. The van der Waals surface area contributed by atoms with Crippen LogP contribution in [0.2, 0.25) is 0 Å². The van der Waals surface area contributed by atoms with Crippen molar-refractivity contribution in [3.05, 3.63) is 66.0 Å². The van der Waals surface area contributed by atoms with Crippen LogP contribution in [0.5, 0.6) is 0 Å². The Balaban J connectivity index is 2.25. The number of thiophene rings is 1. The number of fused-ring (bicyclic) bond motifs is 1. The Labute approximate surface area is 104 Å². The molecule has 0 atom stereocenters. The van der Waals surface area contributed by atoms with Crippen molar-refractivity contribution in [1.82, 2.24) is 0 Å². The summed E-state index contributed by atoms with van der Waals surface area (Å²) in [5, 5.41) is 1.24. The molecule has 0 saturated heterocycles. The van der Waals surface area contributed by atoms with Crippen LogP contribution in [-0.2, 0) is 0 Å². The van der Waals surface area contributed by atoms with Gasteiger partial charge in [0.25, 0.3) is 0 Å². The van der Waals surface area contributed by atoms with E-state index in [4.69, 9.17) is 6.57 Å². The van der Waals surface area contributed by atoms with Crippen LogP contribution in [0, 0.1) is 6.57 Å². The summed E-state index contributed by atoms with van der Waals surface area (Å²) < 4.78 is 1.27. The molecule has 0 bridgehead atoms. The lowest BCUT2D eigenvalue weighted by molar-refractivity contribution is 1.71. The zero-order valence-corrected chi connectivity index (χ0v) is 9.87. The molecule has 0 N–H and O–H groups in total. The highest BCUT2D eigenvalue weighted by Crippen LogP contribution is 2.38. The van der Waals surface area contributed by atoms with Gasteiger partial charge in [-0.2, -0.15) is 0 Å². The number of rotatable bonds is 1. The van der Waals surface area contributed by atoms with Crippen LogP contribution in [0.25, 0.3) is 25.4 Å². The predicted molar refractivity (Wildman–Crippen MR) is 73.5 cm³/mol. The summed E-state index contributed by atoms with van der Waals surface area (Å²) in [5.74, 6) is 0. The summed E-state index contributed by atoms with van der Waals surface area (Å²) in [5.41, 5.74) is 1.75. The molecular formula is C15H9NS. The van der Waals surface area contributed by atoms with Crippen molar-refractivity contribution >= 4 is 27.1 Å². The number of para-hydroxylation sites is 1. The summed E-state index contributed by atoms with van der Waals surface area (Å²) in [4.78, 5) is 4.74. The van der Waals surface area contributed by atoms with E-state index in [0.29, 0.717) is 0 Å². The number of hydrogen-bond donors (Lipinski definition) is 0. The molecule has 0 unspecified atom stereocenters. The molecule has 0 fully saturated rings. The van der Waals surface area contributed by atoms with E-state index >= 15 is 0 Å². The summed E-state index contributed by atoms with van der Waals surface area (Å²) in [6.07, 6.45) is 0. The fourth-order valence-corrected chi connectivity index (χ4v) is 2.99. The Morgan fingerprint density at radius 3 is 2.53 bits per heavy atom. The molecule has 0 aliphatic carbocycles. The average Bonchev–Trinajstić information content (AvgIpc) is 2.82. The predicted octanol–water partition coefficient (Wildman–Crippen LogP) is 5.12. The van der Waals surface area contributed by atoms with Crippen molar-refractivity contribution in [1.29, 1.82) is 0 Å². The van der Waals surface area contributed by atoms with Gasteiger partial charge in [-0.25, -0.2) is 4.85 Å². The van der Waals surface area contributed by atoms with E-state index in [1.54, 1.807) is 11.3 Å². The molecule has 0 amide bonds. The first-order valence-corrected chi connectivity index (χ1v) is 6.15. The second-order valence-corrected chi connectivity index (χ2v) is 4.86. The largest absolute Gasteiger partial charge is 0.237 e. The molecule has 1 aromatic heterocycles. The third-order valence-corrected chi connectivity index (χ3v) is 3.86.